The first kappa shape index (κ1) is 17.3. The van der Waals surface area contributed by atoms with Crippen LogP contribution in [0.2, 0.25) is 0 Å². The number of hydrogen-bond donors (Lipinski definition) is 2. The zero-order valence-corrected chi connectivity index (χ0v) is 13.5. The maximum atomic E-state index is 11.3. The van der Waals surface area contributed by atoms with Crippen LogP contribution in [0.5, 0.6) is 11.5 Å². The lowest BCUT2D eigenvalue weighted by Gasteiger charge is -2.34. The number of phenols is 1. The molecule has 0 saturated heterocycles. The van der Waals surface area contributed by atoms with Gasteiger partial charge in [-0.2, -0.15) is 0 Å². The average molecular weight is 296 g/mol. The molecular weight excluding hydrogens is 272 g/mol. The van der Waals surface area contributed by atoms with Gasteiger partial charge in [0, 0.05) is 26.2 Å². The number of carbonyl (C=O) groups is 1. The summed E-state index contributed by atoms with van der Waals surface area (Å²) >= 11 is 0. The van der Waals surface area contributed by atoms with Gasteiger partial charge in [0.15, 0.2) is 0 Å². The quantitative estimate of drug-likeness (QED) is 0.833. The third-order valence-electron chi connectivity index (χ3n) is 3.97. The van der Waals surface area contributed by atoms with Crippen molar-refractivity contribution in [1.29, 1.82) is 0 Å². The second kappa shape index (κ2) is 6.35. The number of carboxylic acid groups (broad SMARTS) is 1. The van der Waals surface area contributed by atoms with Crippen molar-refractivity contribution >= 4 is 5.97 Å². The molecule has 0 spiro atoms. The minimum Gasteiger partial charge on any atom is -0.507 e. The van der Waals surface area contributed by atoms with E-state index >= 15 is 0 Å². The lowest BCUT2D eigenvalue weighted by molar-refractivity contribution is -0.155. The summed E-state index contributed by atoms with van der Waals surface area (Å²) in [5, 5.41) is 19.2. The van der Waals surface area contributed by atoms with Gasteiger partial charge in [-0.1, -0.05) is 0 Å². The summed E-state index contributed by atoms with van der Waals surface area (Å²) in [6, 6.07) is 0. The summed E-state index contributed by atoms with van der Waals surface area (Å²) in [6.45, 7) is 7.09. The van der Waals surface area contributed by atoms with Crippen LogP contribution in [0.3, 0.4) is 0 Å². The van der Waals surface area contributed by atoms with E-state index in [0.717, 1.165) is 22.3 Å². The Labute approximate surface area is 125 Å². The highest BCUT2D eigenvalue weighted by atomic mass is 16.5. The molecule has 0 saturated carbocycles. The van der Waals surface area contributed by atoms with Crippen molar-refractivity contribution in [1.82, 2.24) is 0 Å². The average Bonchev–Trinajstić information content (AvgIpc) is 2.43. The summed E-state index contributed by atoms with van der Waals surface area (Å²) in [6.07, 6.45) is 1.02. The number of aliphatic carboxylic acids is 1. The van der Waals surface area contributed by atoms with Gasteiger partial charge in [-0.25, -0.2) is 4.79 Å². The molecule has 5 heteroatoms. The Bertz CT molecular complexity index is 550. The standard InChI is InChI=1S/C14H18O4.C2H6O/c1-7-8(2)12-10(9(3)11(7)15)5-6-14(4,18-12)13(16)17;1-3-2/h15H,5-6H2,1-4H3,(H,16,17);1-2H3. The predicted molar refractivity (Wildman–Crippen MR) is 80.2 cm³/mol. The molecule has 0 amide bonds. The van der Waals surface area contributed by atoms with Gasteiger partial charge in [0.05, 0.1) is 0 Å². The molecule has 1 aromatic rings. The molecule has 2 rings (SSSR count). The summed E-state index contributed by atoms with van der Waals surface area (Å²) in [7, 11) is 3.25. The van der Waals surface area contributed by atoms with Crippen molar-refractivity contribution in [3.8, 4) is 11.5 Å². The molecule has 1 atom stereocenters. The lowest BCUT2D eigenvalue weighted by Crippen LogP contribution is -2.44. The third-order valence-corrected chi connectivity index (χ3v) is 3.97. The SMILES string of the molecule is COC.Cc1c(C)c2c(c(C)c1O)CCC(C)(C(=O)O)O2. The van der Waals surface area contributed by atoms with E-state index in [2.05, 4.69) is 4.74 Å². The summed E-state index contributed by atoms with van der Waals surface area (Å²) < 4.78 is 9.97. The van der Waals surface area contributed by atoms with Crippen LogP contribution in [0.25, 0.3) is 0 Å². The number of phenolic OH excluding ortho intramolecular Hbond substituents is 1. The molecule has 0 aliphatic carbocycles. The summed E-state index contributed by atoms with van der Waals surface area (Å²) in [5.74, 6) is -0.0383. The molecule has 1 aromatic carbocycles. The molecule has 21 heavy (non-hydrogen) atoms. The molecule has 1 aliphatic heterocycles. The maximum absolute atomic E-state index is 11.3. The minimum atomic E-state index is -1.17. The van der Waals surface area contributed by atoms with E-state index in [1.54, 1.807) is 21.1 Å². The molecule has 0 aromatic heterocycles. The van der Waals surface area contributed by atoms with Crippen molar-refractivity contribution in [3.05, 3.63) is 22.3 Å². The van der Waals surface area contributed by atoms with Gasteiger partial charge in [0.25, 0.3) is 0 Å². The monoisotopic (exact) mass is 296 g/mol. The van der Waals surface area contributed by atoms with E-state index in [1.807, 2.05) is 20.8 Å². The molecule has 1 aliphatic rings. The first-order valence-corrected chi connectivity index (χ1v) is 6.83. The fraction of sp³-hybridized carbons (Fsp3) is 0.562. The Morgan fingerprint density at radius 3 is 2.19 bits per heavy atom. The van der Waals surface area contributed by atoms with E-state index in [9.17, 15) is 15.0 Å². The van der Waals surface area contributed by atoms with Crippen LogP contribution in [0, 0.1) is 20.8 Å². The zero-order chi connectivity index (χ0) is 16.4. The minimum absolute atomic E-state index is 0.286. The van der Waals surface area contributed by atoms with Crippen molar-refractivity contribution in [2.45, 2.75) is 46.1 Å². The molecule has 1 heterocycles. The van der Waals surface area contributed by atoms with Crippen LogP contribution in [-0.2, 0) is 16.0 Å². The molecule has 0 fully saturated rings. The number of rotatable bonds is 1. The maximum Gasteiger partial charge on any atom is 0.347 e. The number of fused-ring (bicyclic) bond motifs is 1. The van der Waals surface area contributed by atoms with Gasteiger partial charge in [0.1, 0.15) is 11.5 Å². The van der Waals surface area contributed by atoms with Crippen molar-refractivity contribution in [2.75, 3.05) is 14.2 Å². The number of carboxylic acids is 1. The smallest absolute Gasteiger partial charge is 0.347 e. The fourth-order valence-electron chi connectivity index (χ4n) is 2.40. The Balaban J connectivity index is 0.000000677. The highest BCUT2D eigenvalue weighted by molar-refractivity contribution is 5.78. The fourth-order valence-corrected chi connectivity index (χ4v) is 2.40. The van der Waals surface area contributed by atoms with Crippen molar-refractivity contribution in [3.63, 3.8) is 0 Å². The van der Waals surface area contributed by atoms with Crippen LogP contribution in [0.1, 0.15) is 35.6 Å². The van der Waals surface area contributed by atoms with Gasteiger partial charge in [0.2, 0.25) is 5.60 Å². The topological polar surface area (TPSA) is 76.0 Å². The van der Waals surface area contributed by atoms with Gasteiger partial charge < -0.3 is 19.7 Å². The Kier molecular flexibility index (Phi) is 5.23. The number of aromatic hydroxyl groups is 1. The molecular formula is C16H24O5. The van der Waals surface area contributed by atoms with Crippen LogP contribution in [-0.4, -0.2) is 36.0 Å². The van der Waals surface area contributed by atoms with E-state index in [4.69, 9.17) is 4.74 Å². The molecule has 0 bridgehead atoms. The summed E-state index contributed by atoms with van der Waals surface area (Å²) in [4.78, 5) is 11.3. The summed E-state index contributed by atoms with van der Waals surface area (Å²) in [5.41, 5.74) is 2.11. The predicted octanol–water partition coefficient (Wildman–Crippen LogP) is 2.75. The third kappa shape index (κ3) is 3.13. The van der Waals surface area contributed by atoms with Crippen LogP contribution >= 0.6 is 0 Å². The molecule has 2 N–H and O–H groups in total. The Morgan fingerprint density at radius 2 is 1.71 bits per heavy atom. The van der Waals surface area contributed by atoms with Gasteiger partial charge in [-0.15, -0.1) is 0 Å². The number of benzene rings is 1. The Morgan fingerprint density at radius 1 is 1.19 bits per heavy atom. The highest BCUT2D eigenvalue weighted by Gasteiger charge is 2.40. The zero-order valence-electron chi connectivity index (χ0n) is 13.5. The Hall–Kier alpha value is -1.75. The van der Waals surface area contributed by atoms with E-state index in [0.29, 0.717) is 18.6 Å². The first-order chi connectivity index (χ1) is 9.69. The van der Waals surface area contributed by atoms with E-state index in [-0.39, 0.29) is 5.75 Å². The van der Waals surface area contributed by atoms with E-state index < -0.39 is 11.6 Å². The van der Waals surface area contributed by atoms with Gasteiger partial charge in [-0.05, 0) is 50.8 Å². The van der Waals surface area contributed by atoms with Crippen molar-refractivity contribution in [2.24, 2.45) is 0 Å². The van der Waals surface area contributed by atoms with Crippen molar-refractivity contribution < 1.29 is 24.5 Å². The highest BCUT2D eigenvalue weighted by Crippen LogP contribution is 2.43. The number of ether oxygens (including phenoxy) is 2. The van der Waals surface area contributed by atoms with Crippen LogP contribution in [0.15, 0.2) is 0 Å². The van der Waals surface area contributed by atoms with Gasteiger partial charge in [-0.3, -0.25) is 0 Å². The lowest BCUT2D eigenvalue weighted by atomic mass is 9.87. The number of methoxy groups -OCH3 is 1. The number of hydrogen-bond acceptors (Lipinski definition) is 4. The first-order valence-electron chi connectivity index (χ1n) is 6.83. The molecule has 0 radical (unpaired) electrons. The molecule has 1 unspecified atom stereocenters. The van der Waals surface area contributed by atoms with Gasteiger partial charge >= 0.3 is 5.97 Å². The van der Waals surface area contributed by atoms with Crippen LogP contribution < -0.4 is 4.74 Å². The largest absolute Gasteiger partial charge is 0.507 e. The molecule has 5 nitrogen and oxygen atoms in total. The second-order valence-corrected chi connectivity index (χ2v) is 5.58. The molecule has 118 valence electrons. The van der Waals surface area contributed by atoms with Crippen LogP contribution in [0.4, 0.5) is 0 Å². The van der Waals surface area contributed by atoms with E-state index in [1.165, 1.54) is 0 Å². The second-order valence-electron chi connectivity index (χ2n) is 5.58. The normalized spacial score (nSPS) is 19.9.